The van der Waals surface area contributed by atoms with Gasteiger partial charge in [0.25, 0.3) is 5.56 Å². The Morgan fingerprint density at radius 1 is 1.18 bits per heavy atom. The molecule has 2 N–H and O–H groups in total. The van der Waals surface area contributed by atoms with Gasteiger partial charge in [-0.3, -0.25) is 14.3 Å². The highest BCUT2D eigenvalue weighted by atomic mass is 35.5. The summed E-state index contributed by atoms with van der Waals surface area (Å²) in [6, 6.07) is 15.0. The van der Waals surface area contributed by atoms with Crippen molar-refractivity contribution in [2.24, 2.45) is 7.05 Å². The SMILES string of the molecule is Cc1ccccc1OC[C@H](O)Cn1c(SCc2ccccc2Cl)nc2c1c(=O)[nH]c(=O)n2C. The molecular weight excluding hydrogens is 464 g/mol. The maximum Gasteiger partial charge on any atom is 0.329 e. The lowest BCUT2D eigenvalue weighted by Gasteiger charge is -2.16. The van der Waals surface area contributed by atoms with Crippen LogP contribution in [-0.4, -0.2) is 36.9 Å². The molecule has 0 bridgehead atoms. The normalized spacial score (nSPS) is 12.2. The highest BCUT2D eigenvalue weighted by molar-refractivity contribution is 7.98. The summed E-state index contributed by atoms with van der Waals surface area (Å²) in [6.07, 6.45) is -0.918. The summed E-state index contributed by atoms with van der Waals surface area (Å²) in [6.45, 7) is 2.02. The van der Waals surface area contributed by atoms with Crippen molar-refractivity contribution < 1.29 is 9.84 Å². The monoisotopic (exact) mass is 486 g/mol. The van der Waals surface area contributed by atoms with E-state index in [4.69, 9.17) is 16.3 Å². The van der Waals surface area contributed by atoms with Crippen molar-refractivity contribution in [3.63, 3.8) is 0 Å². The number of aliphatic hydroxyl groups is 1. The van der Waals surface area contributed by atoms with Crippen molar-refractivity contribution in [1.29, 1.82) is 0 Å². The minimum atomic E-state index is -0.918. The Morgan fingerprint density at radius 2 is 1.91 bits per heavy atom. The van der Waals surface area contributed by atoms with Crippen LogP contribution in [0.25, 0.3) is 11.2 Å². The number of aryl methyl sites for hydroxylation is 2. The molecule has 10 heteroatoms. The van der Waals surface area contributed by atoms with Crippen LogP contribution in [0.2, 0.25) is 5.02 Å². The van der Waals surface area contributed by atoms with Crippen LogP contribution in [-0.2, 0) is 19.3 Å². The van der Waals surface area contributed by atoms with Gasteiger partial charge in [0, 0.05) is 17.8 Å². The number of para-hydroxylation sites is 1. The Morgan fingerprint density at radius 3 is 2.67 bits per heavy atom. The van der Waals surface area contributed by atoms with Gasteiger partial charge < -0.3 is 14.4 Å². The predicted molar refractivity (Wildman–Crippen MR) is 129 cm³/mol. The number of nitrogens with zero attached hydrogens (tertiary/aromatic N) is 3. The lowest BCUT2D eigenvalue weighted by atomic mass is 10.2. The van der Waals surface area contributed by atoms with Crippen LogP contribution >= 0.6 is 23.4 Å². The third kappa shape index (κ3) is 5.00. The maximum atomic E-state index is 12.6. The Kier molecular flexibility index (Phi) is 6.92. The quantitative estimate of drug-likeness (QED) is 0.371. The number of ether oxygens (including phenoxy) is 1. The second-order valence-corrected chi connectivity index (χ2v) is 8.96. The number of aromatic nitrogens is 4. The van der Waals surface area contributed by atoms with E-state index in [1.165, 1.54) is 23.4 Å². The molecule has 0 amide bonds. The molecule has 0 unspecified atom stereocenters. The van der Waals surface area contributed by atoms with Crippen molar-refractivity contribution in [1.82, 2.24) is 19.1 Å². The van der Waals surface area contributed by atoms with E-state index >= 15 is 0 Å². The standard InChI is InChI=1S/C23H23ClN4O4S/c1-14-7-3-6-10-18(14)32-12-16(29)11-28-19-20(27(2)22(31)26-21(19)30)25-23(28)33-13-15-8-4-5-9-17(15)24/h3-10,16,29H,11-13H2,1-2H3,(H,26,30,31)/t16-/m1/s1. The molecule has 4 aromatic rings. The van der Waals surface area contributed by atoms with E-state index in [-0.39, 0.29) is 24.3 Å². The summed E-state index contributed by atoms with van der Waals surface area (Å²) >= 11 is 7.65. The highest BCUT2D eigenvalue weighted by Gasteiger charge is 2.20. The van der Waals surface area contributed by atoms with Gasteiger partial charge in [-0.05, 0) is 30.2 Å². The average molecular weight is 487 g/mol. The molecule has 2 aromatic carbocycles. The summed E-state index contributed by atoms with van der Waals surface area (Å²) in [4.78, 5) is 31.6. The van der Waals surface area contributed by atoms with Crippen molar-refractivity contribution in [2.75, 3.05) is 6.61 Å². The minimum absolute atomic E-state index is 0.0306. The zero-order valence-electron chi connectivity index (χ0n) is 18.1. The summed E-state index contributed by atoms with van der Waals surface area (Å²) in [7, 11) is 1.54. The summed E-state index contributed by atoms with van der Waals surface area (Å²) in [5, 5.41) is 11.8. The molecule has 1 atom stereocenters. The summed E-state index contributed by atoms with van der Waals surface area (Å²) in [5.74, 6) is 1.19. The molecule has 172 valence electrons. The molecule has 0 radical (unpaired) electrons. The van der Waals surface area contributed by atoms with E-state index in [2.05, 4.69) is 9.97 Å². The molecule has 0 fully saturated rings. The number of fused-ring (bicyclic) bond motifs is 1. The first-order valence-corrected chi connectivity index (χ1v) is 11.6. The topological polar surface area (TPSA) is 102 Å². The van der Waals surface area contributed by atoms with Crippen molar-refractivity contribution in [3.8, 4) is 5.75 Å². The fourth-order valence-corrected chi connectivity index (χ4v) is 4.71. The molecular formula is C23H23ClN4O4S. The third-order valence-corrected chi connectivity index (χ3v) is 6.60. The first-order valence-electron chi connectivity index (χ1n) is 10.3. The molecule has 0 saturated carbocycles. The van der Waals surface area contributed by atoms with Crippen LogP contribution in [0.3, 0.4) is 0 Å². The minimum Gasteiger partial charge on any atom is -0.491 e. The molecule has 0 aliphatic rings. The van der Waals surface area contributed by atoms with Gasteiger partial charge in [0.05, 0.1) is 6.54 Å². The number of imidazole rings is 1. The molecule has 33 heavy (non-hydrogen) atoms. The third-order valence-electron chi connectivity index (χ3n) is 5.20. The van der Waals surface area contributed by atoms with Gasteiger partial charge in [0.2, 0.25) is 0 Å². The number of hydrogen-bond donors (Lipinski definition) is 2. The van der Waals surface area contributed by atoms with E-state index < -0.39 is 17.4 Å². The van der Waals surface area contributed by atoms with Gasteiger partial charge >= 0.3 is 5.69 Å². The number of rotatable bonds is 8. The number of H-pyrrole nitrogens is 1. The molecule has 2 heterocycles. The van der Waals surface area contributed by atoms with Gasteiger partial charge in [-0.25, -0.2) is 9.78 Å². The molecule has 0 saturated heterocycles. The second-order valence-electron chi connectivity index (χ2n) is 7.61. The molecule has 0 aliphatic heterocycles. The van der Waals surface area contributed by atoms with E-state index in [9.17, 15) is 14.7 Å². The first-order chi connectivity index (χ1) is 15.8. The van der Waals surface area contributed by atoms with E-state index in [0.29, 0.717) is 21.7 Å². The zero-order valence-corrected chi connectivity index (χ0v) is 19.7. The fraction of sp³-hybridized carbons (Fsp3) is 0.261. The van der Waals surface area contributed by atoms with E-state index in [1.807, 2.05) is 55.5 Å². The van der Waals surface area contributed by atoms with E-state index in [1.54, 1.807) is 4.57 Å². The average Bonchev–Trinajstić information content (AvgIpc) is 3.15. The Hall–Kier alpha value is -3.01. The molecule has 4 rings (SSSR count). The largest absolute Gasteiger partial charge is 0.491 e. The van der Waals surface area contributed by atoms with Crippen molar-refractivity contribution >= 4 is 34.5 Å². The van der Waals surface area contributed by atoms with Crippen LogP contribution in [0.1, 0.15) is 11.1 Å². The second kappa shape index (κ2) is 9.86. The maximum absolute atomic E-state index is 12.6. The van der Waals surface area contributed by atoms with Gasteiger partial charge in [-0.15, -0.1) is 0 Å². The first kappa shape index (κ1) is 23.2. The summed E-state index contributed by atoms with van der Waals surface area (Å²) < 4.78 is 8.67. The zero-order chi connectivity index (χ0) is 23.5. The van der Waals surface area contributed by atoms with Gasteiger partial charge in [0.1, 0.15) is 18.5 Å². The number of halogens is 1. The lowest BCUT2D eigenvalue weighted by molar-refractivity contribution is 0.0910. The molecule has 0 aliphatic carbocycles. The van der Waals surface area contributed by atoms with E-state index in [0.717, 1.165) is 11.1 Å². The fourth-order valence-electron chi connectivity index (χ4n) is 3.42. The Bertz CT molecular complexity index is 1410. The van der Waals surface area contributed by atoms with Crippen LogP contribution in [0.4, 0.5) is 0 Å². The van der Waals surface area contributed by atoms with Gasteiger partial charge in [-0.2, -0.15) is 0 Å². The van der Waals surface area contributed by atoms with Crippen molar-refractivity contribution in [3.05, 3.63) is 85.5 Å². The number of thioether (sulfide) groups is 1. The van der Waals surface area contributed by atoms with Gasteiger partial charge in [-0.1, -0.05) is 59.8 Å². The van der Waals surface area contributed by atoms with Crippen molar-refractivity contribution in [2.45, 2.75) is 30.5 Å². The predicted octanol–water partition coefficient (Wildman–Crippen LogP) is 3.12. The number of benzene rings is 2. The van der Waals surface area contributed by atoms with Crippen LogP contribution < -0.4 is 16.0 Å². The Labute approximate surface area is 198 Å². The smallest absolute Gasteiger partial charge is 0.329 e. The summed E-state index contributed by atoms with van der Waals surface area (Å²) in [5.41, 5.74) is 1.22. The van der Waals surface area contributed by atoms with Crippen LogP contribution in [0, 0.1) is 6.92 Å². The highest BCUT2D eigenvalue weighted by Crippen LogP contribution is 2.28. The molecule has 0 spiro atoms. The number of aliphatic hydroxyl groups excluding tert-OH is 1. The molecule has 2 aromatic heterocycles. The molecule has 8 nitrogen and oxygen atoms in total. The number of hydrogen-bond acceptors (Lipinski definition) is 6. The number of aromatic amines is 1. The lowest BCUT2D eigenvalue weighted by Crippen LogP contribution is -2.30. The Balaban J connectivity index is 1.64. The van der Waals surface area contributed by atoms with Crippen LogP contribution in [0.5, 0.6) is 5.75 Å². The van der Waals surface area contributed by atoms with Crippen LogP contribution in [0.15, 0.2) is 63.3 Å². The number of nitrogens with one attached hydrogen (secondary N) is 1. The van der Waals surface area contributed by atoms with Gasteiger partial charge in [0.15, 0.2) is 16.3 Å².